The lowest BCUT2D eigenvalue weighted by atomic mass is 9.96. The molecular weight excluding hydrogens is 314 g/mol. The summed E-state index contributed by atoms with van der Waals surface area (Å²) in [6.07, 6.45) is 2.78. The first-order valence-electron chi connectivity index (χ1n) is 8.77. The van der Waals surface area contributed by atoms with E-state index in [2.05, 4.69) is 44.0 Å². The van der Waals surface area contributed by atoms with Gasteiger partial charge >= 0.3 is 0 Å². The van der Waals surface area contributed by atoms with E-state index in [4.69, 9.17) is 14.2 Å². The predicted molar refractivity (Wildman–Crippen MR) is 101 cm³/mol. The number of methoxy groups -OCH3 is 2. The third-order valence-corrected chi connectivity index (χ3v) is 4.57. The maximum Gasteiger partial charge on any atom is 0.213 e. The predicted octanol–water partition coefficient (Wildman–Crippen LogP) is 5.10. The Morgan fingerprint density at radius 1 is 0.960 bits per heavy atom. The first kappa shape index (κ1) is 19.1. The molecule has 0 fully saturated rings. The molecule has 2 rings (SSSR count). The summed E-state index contributed by atoms with van der Waals surface area (Å²) in [6, 6.07) is 8.18. The lowest BCUT2D eigenvalue weighted by molar-refractivity contribution is 0.289. The first-order valence-corrected chi connectivity index (χ1v) is 8.77. The Hall–Kier alpha value is -2.23. The molecule has 1 atom stereocenters. The summed E-state index contributed by atoms with van der Waals surface area (Å²) in [5, 5.41) is 0. The summed E-state index contributed by atoms with van der Waals surface area (Å²) in [7, 11) is 3.37. The van der Waals surface area contributed by atoms with Gasteiger partial charge in [-0.15, -0.1) is 0 Å². The van der Waals surface area contributed by atoms with Crippen LogP contribution >= 0.6 is 0 Å². The molecule has 0 spiro atoms. The van der Waals surface area contributed by atoms with Crippen LogP contribution in [0.15, 0.2) is 30.5 Å². The van der Waals surface area contributed by atoms with Crippen LogP contribution in [0.4, 0.5) is 0 Å². The van der Waals surface area contributed by atoms with Crippen molar-refractivity contribution in [2.75, 3.05) is 20.8 Å². The molecule has 0 aliphatic carbocycles. The van der Waals surface area contributed by atoms with Crippen molar-refractivity contribution in [3.63, 3.8) is 0 Å². The highest BCUT2D eigenvalue weighted by molar-refractivity contribution is 5.48. The second-order valence-electron chi connectivity index (χ2n) is 6.67. The van der Waals surface area contributed by atoms with Crippen LogP contribution in [0.1, 0.15) is 55.7 Å². The SMILES string of the molecule is COc1cc(C(C)CCOc2ccc(C(C)C)cn2)cc(OC)c1C. The van der Waals surface area contributed by atoms with Gasteiger partial charge in [-0.05, 0) is 48.4 Å². The minimum Gasteiger partial charge on any atom is -0.496 e. The van der Waals surface area contributed by atoms with E-state index in [1.165, 1.54) is 11.1 Å². The van der Waals surface area contributed by atoms with Gasteiger partial charge in [0.25, 0.3) is 0 Å². The number of pyridine rings is 1. The summed E-state index contributed by atoms with van der Waals surface area (Å²) < 4.78 is 16.7. The monoisotopic (exact) mass is 343 g/mol. The maximum atomic E-state index is 5.80. The van der Waals surface area contributed by atoms with E-state index < -0.39 is 0 Å². The van der Waals surface area contributed by atoms with Gasteiger partial charge in [0.2, 0.25) is 5.88 Å². The van der Waals surface area contributed by atoms with E-state index in [1.807, 2.05) is 19.2 Å². The molecule has 4 nitrogen and oxygen atoms in total. The third kappa shape index (κ3) is 4.88. The van der Waals surface area contributed by atoms with Gasteiger partial charge in [-0.1, -0.05) is 26.8 Å². The molecule has 1 heterocycles. The lowest BCUT2D eigenvalue weighted by Crippen LogP contribution is -2.05. The van der Waals surface area contributed by atoms with E-state index >= 15 is 0 Å². The molecule has 0 amide bonds. The zero-order valence-corrected chi connectivity index (χ0v) is 16.1. The van der Waals surface area contributed by atoms with E-state index in [0.717, 1.165) is 23.5 Å². The van der Waals surface area contributed by atoms with Gasteiger partial charge in [0.05, 0.1) is 20.8 Å². The molecule has 0 saturated heterocycles. The van der Waals surface area contributed by atoms with E-state index in [0.29, 0.717) is 24.3 Å². The minimum atomic E-state index is 0.332. The topological polar surface area (TPSA) is 40.6 Å². The molecule has 136 valence electrons. The maximum absolute atomic E-state index is 5.80. The van der Waals surface area contributed by atoms with Crippen LogP contribution in [-0.4, -0.2) is 25.8 Å². The van der Waals surface area contributed by atoms with Crippen LogP contribution in [0.5, 0.6) is 17.4 Å². The molecule has 0 saturated carbocycles. The van der Waals surface area contributed by atoms with Crippen molar-refractivity contribution in [3.8, 4) is 17.4 Å². The Balaban J connectivity index is 1.97. The minimum absolute atomic E-state index is 0.332. The molecule has 1 unspecified atom stereocenters. The van der Waals surface area contributed by atoms with Crippen molar-refractivity contribution in [2.45, 2.75) is 46.0 Å². The highest BCUT2D eigenvalue weighted by atomic mass is 16.5. The van der Waals surface area contributed by atoms with Crippen molar-refractivity contribution in [1.29, 1.82) is 0 Å². The standard InChI is InChI=1S/C21H29NO3/c1-14(2)17-7-8-21(22-13-17)25-10-9-15(3)18-11-19(23-5)16(4)20(12-18)24-6/h7-8,11-15H,9-10H2,1-6H3. The van der Waals surface area contributed by atoms with Crippen LogP contribution in [0.25, 0.3) is 0 Å². The Morgan fingerprint density at radius 3 is 2.08 bits per heavy atom. The number of aromatic nitrogens is 1. The number of nitrogens with zero attached hydrogens (tertiary/aromatic N) is 1. The molecule has 0 radical (unpaired) electrons. The van der Waals surface area contributed by atoms with Gasteiger partial charge in [0.15, 0.2) is 0 Å². The van der Waals surface area contributed by atoms with Crippen LogP contribution in [-0.2, 0) is 0 Å². The number of ether oxygens (including phenoxy) is 3. The van der Waals surface area contributed by atoms with Crippen LogP contribution in [0, 0.1) is 6.92 Å². The molecule has 4 heteroatoms. The fourth-order valence-corrected chi connectivity index (χ4v) is 2.72. The van der Waals surface area contributed by atoms with E-state index in [1.54, 1.807) is 14.2 Å². The molecule has 2 aromatic rings. The summed E-state index contributed by atoms with van der Waals surface area (Å²) in [4.78, 5) is 4.37. The number of rotatable bonds is 8. The third-order valence-electron chi connectivity index (χ3n) is 4.57. The molecule has 1 aromatic heterocycles. The second-order valence-corrected chi connectivity index (χ2v) is 6.67. The van der Waals surface area contributed by atoms with Crippen molar-refractivity contribution in [1.82, 2.24) is 4.98 Å². The lowest BCUT2D eigenvalue weighted by Gasteiger charge is -2.17. The van der Waals surface area contributed by atoms with Gasteiger partial charge in [0, 0.05) is 17.8 Å². The van der Waals surface area contributed by atoms with Crippen molar-refractivity contribution >= 4 is 0 Å². The van der Waals surface area contributed by atoms with Gasteiger partial charge < -0.3 is 14.2 Å². The quantitative estimate of drug-likeness (QED) is 0.668. The van der Waals surface area contributed by atoms with Crippen LogP contribution < -0.4 is 14.2 Å². The highest BCUT2D eigenvalue weighted by Gasteiger charge is 2.13. The molecule has 25 heavy (non-hydrogen) atoms. The Kier molecular flexibility index (Phi) is 6.68. The number of benzene rings is 1. The van der Waals surface area contributed by atoms with Gasteiger partial charge in [-0.2, -0.15) is 0 Å². The average Bonchev–Trinajstić information content (AvgIpc) is 2.62. The number of hydrogen-bond acceptors (Lipinski definition) is 4. The Bertz CT molecular complexity index is 655. The first-order chi connectivity index (χ1) is 12.0. The van der Waals surface area contributed by atoms with Gasteiger partial charge in [-0.25, -0.2) is 4.98 Å². The molecule has 0 N–H and O–H groups in total. The second kappa shape index (κ2) is 8.75. The Labute approximate surface area is 151 Å². The smallest absolute Gasteiger partial charge is 0.213 e. The van der Waals surface area contributed by atoms with Crippen LogP contribution in [0.2, 0.25) is 0 Å². The summed E-state index contributed by atoms with van der Waals surface area (Å²) in [6.45, 7) is 9.12. The average molecular weight is 343 g/mol. The highest BCUT2D eigenvalue weighted by Crippen LogP contribution is 2.33. The van der Waals surface area contributed by atoms with E-state index in [-0.39, 0.29) is 0 Å². The van der Waals surface area contributed by atoms with Crippen molar-refractivity contribution < 1.29 is 14.2 Å². The fraction of sp³-hybridized carbons (Fsp3) is 0.476. The van der Waals surface area contributed by atoms with E-state index in [9.17, 15) is 0 Å². The largest absolute Gasteiger partial charge is 0.496 e. The zero-order chi connectivity index (χ0) is 18.4. The normalized spacial score (nSPS) is 12.1. The van der Waals surface area contributed by atoms with Gasteiger partial charge in [0.1, 0.15) is 11.5 Å². The zero-order valence-electron chi connectivity index (χ0n) is 16.1. The van der Waals surface area contributed by atoms with Crippen molar-refractivity contribution in [2.24, 2.45) is 0 Å². The summed E-state index contributed by atoms with van der Waals surface area (Å²) >= 11 is 0. The van der Waals surface area contributed by atoms with Crippen molar-refractivity contribution in [3.05, 3.63) is 47.2 Å². The molecular formula is C21H29NO3. The van der Waals surface area contributed by atoms with Crippen LogP contribution in [0.3, 0.4) is 0 Å². The van der Waals surface area contributed by atoms with Gasteiger partial charge in [-0.3, -0.25) is 0 Å². The molecule has 0 aliphatic rings. The molecule has 0 aliphatic heterocycles. The fourth-order valence-electron chi connectivity index (χ4n) is 2.72. The Morgan fingerprint density at radius 2 is 1.60 bits per heavy atom. The molecule has 0 bridgehead atoms. The number of hydrogen-bond donors (Lipinski definition) is 0. The molecule has 1 aromatic carbocycles. The summed E-state index contributed by atoms with van der Waals surface area (Å²) in [5.41, 5.74) is 3.43. The summed E-state index contributed by atoms with van der Waals surface area (Å²) in [5.74, 6) is 3.20.